The van der Waals surface area contributed by atoms with Crippen LogP contribution in [0.4, 0.5) is 10.1 Å². The molecule has 0 saturated carbocycles. The lowest BCUT2D eigenvalue weighted by Gasteiger charge is -2.34. The Morgan fingerprint density at radius 2 is 1.96 bits per heavy atom. The summed E-state index contributed by atoms with van der Waals surface area (Å²) in [5, 5.41) is 3.36. The molecule has 1 aromatic rings. The average Bonchev–Trinajstić information content (AvgIpc) is 2.92. The van der Waals surface area contributed by atoms with Crippen molar-refractivity contribution in [2.75, 3.05) is 45.2 Å². The molecule has 5 nitrogen and oxygen atoms in total. The van der Waals surface area contributed by atoms with Crippen LogP contribution >= 0.6 is 0 Å². The summed E-state index contributed by atoms with van der Waals surface area (Å²) in [6.07, 6.45) is 2.79. The SMILES string of the molecule is CN(C)CC(=O)N(c1ccc(F)cc1)C1COC2(CCNCC2)C1. The Bertz CT molecular complexity index is 570. The standard InChI is InChI=1S/C18H26FN3O2/c1-21(2)12-17(23)22(15-5-3-14(19)4-6-15)16-11-18(24-13-16)7-9-20-10-8-18/h3-6,16,20H,7-13H2,1-2H3. The number of nitrogens with zero attached hydrogens (tertiary/aromatic N) is 2. The van der Waals surface area contributed by atoms with Crippen molar-refractivity contribution in [2.45, 2.75) is 30.9 Å². The van der Waals surface area contributed by atoms with Gasteiger partial charge in [-0.1, -0.05) is 0 Å². The third-order valence-corrected chi connectivity index (χ3v) is 4.89. The number of piperidine rings is 1. The molecule has 24 heavy (non-hydrogen) atoms. The summed E-state index contributed by atoms with van der Waals surface area (Å²) in [4.78, 5) is 16.5. The number of hydrogen-bond donors (Lipinski definition) is 1. The van der Waals surface area contributed by atoms with Gasteiger partial charge in [0.15, 0.2) is 0 Å². The van der Waals surface area contributed by atoms with Gasteiger partial charge < -0.3 is 19.9 Å². The van der Waals surface area contributed by atoms with Gasteiger partial charge in [-0.25, -0.2) is 4.39 Å². The molecule has 3 rings (SSSR count). The molecule has 2 aliphatic heterocycles. The third kappa shape index (κ3) is 3.77. The Labute approximate surface area is 142 Å². The molecule has 6 heteroatoms. The molecule has 132 valence electrons. The van der Waals surface area contributed by atoms with Crippen molar-refractivity contribution in [1.82, 2.24) is 10.2 Å². The third-order valence-electron chi connectivity index (χ3n) is 4.89. The zero-order valence-electron chi connectivity index (χ0n) is 14.4. The summed E-state index contributed by atoms with van der Waals surface area (Å²) in [6, 6.07) is 6.16. The number of likely N-dealkylation sites (N-methyl/N-ethyl adjacent to an activating group) is 1. The number of rotatable bonds is 4. The lowest BCUT2D eigenvalue weighted by molar-refractivity contribution is -0.119. The van der Waals surface area contributed by atoms with Crippen molar-refractivity contribution in [2.24, 2.45) is 0 Å². The van der Waals surface area contributed by atoms with Crippen LogP contribution in [-0.4, -0.2) is 62.8 Å². The topological polar surface area (TPSA) is 44.8 Å². The summed E-state index contributed by atoms with van der Waals surface area (Å²) >= 11 is 0. The van der Waals surface area contributed by atoms with E-state index in [1.807, 2.05) is 19.0 Å². The summed E-state index contributed by atoms with van der Waals surface area (Å²) in [5.41, 5.74) is 0.620. The number of hydrogen-bond acceptors (Lipinski definition) is 4. The second-order valence-electron chi connectivity index (χ2n) is 7.08. The molecule has 2 heterocycles. The first-order chi connectivity index (χ1) is 11.5. The normalized spacial score (nSPS) is 22.9. The van der Waals surface area contributed by atoms with Crippen LogP contribution in [0.3, 0.4) is 0 Å². The summed E-state index contributed by atoms with van der Waals surface area (Å²) in [7, 11) is 3.75. The van der Waals surface area contributed by atoms with Gasteiger partial charge in [-0.05, 0) is 70.7 Å². The van der Waals surface area contributed by atoms with Gasteiger partial charge in [-0.3, -0.25) is 4.79 Å². The Kier molecular flexibility index (Phi) is 5.18. The minimum atomic E-state index is -0.295. The Hall–Kier alpha value is -1.50. The highest BCUT2D eigenvalue weighted by Gasteiger charge is 2.44. The highest BCUT2D eigenvalue weighted by atomic mass is 19.1. The Balaban J connectivity index is 1.82. The molecule has 1 amide bonds. The smallest absolute Gasteiger partial charge is 0.241 e. The molecular formula is C18H26FN3O2. The van der Waals surface area contributed by atoms with Crippen molar-refractivity contribution < 1.29 is 13.9 Å². The number of anilines is 1. The fraction of sp³-hybridized carbons (Fsp3) is 0.611. The van der Waals surface area contributed by atoms with Gasteiger partial charge in [-0.2, -0.15) is 0 Å². The molecule has 0 bridgehead atoms. The molecule has 2 fully saturated rings. The van der Waals surface area contributed by atoms with Crippen molar-refractivity contribution in [3.05, 3.63) is 30.1 Å². The highest BCUT2D eigenvalue weighted by Crippen LogP contribution is 2.37. The van der Waals surface area contributed by atoms with E-state index in [0.717, 1.165) is 38.0 Å². The molecule has 1 atom stereocenters. The van der Waals surface area contributed by atoms with Gasteiger partial charge in [0, 0.05) is 5.69 Å². The van der Waals surface area contributed by atoms with E-state index < -0.39 is 0 Å². The molecule has 0 aromatic heterocycles. The van der Waals surface area contributed by atoms with Gasteiger partial charge in [-0.15, -0.1) is 0 Å². The first-order valence-corrected chi connectivity index (χ1v) is 8.56. The van der Waals surface area contributed by atoms with Crippen molar-refractivity contribution in [3.63, 3.8) is 0 Å². The molecule has 1 unspecified atom stereocenters. The number of ether oxygens (including phenoxy) is 1. The highest BCUT2D eigenvalue weighted by molar-refractivity contribution is 5.95. The number of benzene rings is 1. The average molecular weight is 335 g/mol. The monoisotopic (exact) mass is 335 g/mol. The van der Waals surface area contributed by atoms with Gasteiger partial charge in [0.25, 0.3) is 0 Å². The molecule has 2 aliphatic rings. The zero-order valence-corrected chi connectivity index (χ0v) is 14.4. The fourth-order valence-corrected chi connectivity index (χ4v) is 3.72. The van der Waals surface area contributed by atoms with Crippen LogP contribution in [0, 0.1) is 5.82 Å². The molecule has 1 aromatic carbocycles. The second-order valence-corrected chi connectivity index (χ2v) is 7.08. The van der Waals surface area contributed by atoms with Crippen LogP contribution in [0.15, 0.2) is 24.3 Å². The van der Waals surface area contributed by atoms with Gasteiger partial charge in [0.1, 0.15) is 5.82 Å². The number of carbonyl (C=O) groups is 1. The van der Waals surface area contributed by atoms with E-state index in [1.54, 1.807) is 17.0 Å². The summed E-state index contributed by atoms with van der Waals surface area (Å²) in [5.74, 6) is -0.276. The maximum absolute atomic E-state index is 13.3. The summed E-state index contributed by atoms with van der Waals surface area (Å²) < 4.78 is 19.4. The van der Waals surface area contributed by atoms with E-state index >= 15 is 0 Å². The summed E-state index contributed by atoms with van der Waals surface area (Å²) in [6.45, 7) is 2.77. The maximum atomic E-state index is 13.3. The van der Waals surface area contributed by atoms with E-state index in [9.17, 15) is 9.18 Å². The van der Waals surface area contributed by atoms with Crippen LogP contribution in [0.5, 0.6) is 0 Å². The molecule has 2 saturated heterocycles. The lowest BCUT2D eigenvalue weighted by atomic mass is 9.88. The second kappa shape index (κ2) is 7.17. The molecule has 0 aliphatic carbocycles. The van der Waals surface area contributed by atoms with Crippen LogP contribution < -0.4 is 10.2 Å². The van der Waals surface area contributed by atoms with Gasteiger partial charge in [0.05, 0.1) is 24.8 Å². The van der Waals surface area contributed by atoms with Crippen LogP contribution in [0.2, 0.25) is 0 Å². The van der Waals surface area contributed by atoms with E-state index in [0.29, 0.717) is 13.2 Å². The predicted octanol–water partition coefficient (Wildman–Crippen LogP) is 1.63. The molecule has 1 N–H and O–H groups in total. The van der Waals surface area contributed by atoms with Crippen molar-refractivity contribution in [1.29, 1.82) is 0 Å². The number of nitrogens with one attached hydrogen (secondary N) is 1. The molecule has 1 spiro atoms. The van der Waals surface area contributed by atoms with Crippen molar-refractivity contribution >= 4 is 11.6 Å². The maximum Gasteiger partial charge on any atom is 0.241 e. The van der Waals surface area contributed by atoms with E-state index in [2.05, 4.69) is 5.32 Å². The Morgan fingerprint density at radius 1 is 1.29 bits per heavy atom. The largest absolute Gasteiger partial charge is 0.373 e. The molecule has 0 radical (unpaired) electrons. The quantitative estimate of drug-likeness (QED) is 0.908. The van der Waals surface area contributed by atoms with Crippen LogP contribution in [0.25, 0.3) is 0 Å². The van der Waals surface area contributed by atoms with E-state index in [-0.39, 0.29) is 23.4 Å². The van der Waals surface area contributed by atoms with Crippen LogP contribution in [0.1, 0.15) is 19.3 Å². The first-order valence-electron chi connectivity index (χ1n) is 8.56. The minimum absolute atomic E-state index is 0.000936. The minimum Gasteiger partial charge on any atom is -0.373 e. The zero-order chi connectivity index (χ0) is 17.2. The number of carbonyl (C=O) groups excluding carboxylic acids is 1. The van der Waals surface area contributed by atoms with Gasteiger partial charge in [0.2, 0.25) is 5.91 Å². The van der Waals surface area contributed by atoms with E-state index in [1.165, 1.54) is 12.1 Å². The lowest BCUT2D eigenvalue weighted by Crippen LogP contribution is -2.47. The van der Waals surface area contributed by atoms with E-state index in [4.69, 9.17) is 4.74 Å². The fourth-order valence-electron chi connectivity index (χ4n) is 3.72. The van der Waals surface area contributed by atoms with Crippen molar-refractivity contribution in [3.8, 4) is 0 Å². The predicted molar refractivity (Wildman–Crippen MR) is 91.6 cm³/mol. The molecular weight excluding hydrogens is 309 g/mol. The number of amides is 1. The first kappa shape index (κ1) is 17.3. The van der Waals surface area contributed by atoms with Crippen LogP contribution in [-0.2, 0) is 9.53 Å². The van der Waals surface area contributed by atoms with Gasteiger partial charge >= 0.3 is 0 Å². The Morgan fingerprint density at radius 3 is 2.58 bits per heavy atom. The number of halogens is 1.